The number of rotatable bonds is 3. The van der Waals surface area contributed by atoms with Crippen LogP contribution in [0.2, 0.25) is 10.0 Å². The zero-order valence-corrected chi connectivity index (χ0v) is 13.8. The Hall–Kier alpha value is -2.56. The van der Waals surface area contributed by atoms with Gasteiger partial charge < -0.3 is 10.1 Å². The minimum absolute atomic E-state index is 0.107. The van der Waals surface area contributed by atoms with Crippen LogP contribution < -0.4 is 5.56 Å². The smallest absolute Gasteiger partial charge is 0.262 e. The Morgan fingerprint density at radius 3 is 2.08 bits per heavy atom. The van der Waals surface area contributed by atoms with Crippen LogP contribution in [-0.4, -0.2) is 15.1 Å². The van der Waals surface area contributed by atoms with E-state index in [1.54, 1.807) is 48.6 Å². The Balaban J connectivity index is 1.93. The molecular formula is C18H12Cl2N2O2. The van der Waals surface area contributed by atoms with Gasteiger partial charge in [-0.25, -0.2) is 0 Å². The maximum Gasteiger partial charge on any atom is 0.262 e. The van der Waals surface area contributed by atoms with E-state index in [1.165, 1.54) is 0 Å². The zero-order valence-electron chi connectivity index (χ0n) is 12.3. The summed E-state index contributed by atoms with van der Waals surface area (Å²) in [6.07, 6.45) is 3.37. The molecule has 0 saturated heterocycles. The van der Waals surface area contributed by atoms with Gasteiger partial charge in [0.25, 0.3) is 5.56 Å². The summed E-state index contributed by atoms with van der Waals surface area (Å²) in [6, 6.07) is 13.8. The standard InChI is InChI=1S/C18H12Cl2N2O2/c19-13-6-1-11(2-7-13)3-10-15-21-17(23)16(18(24)22-15)12-4-8-14(20)9-5-12/h1-10H,(H2,21,22,23,24). The van der Waals surface area contributed by atoms with Crippen LogP contribution in [0, 0.1) is 0 Å². The van der Waals surface area contributed by atoms with E-state index in [0.29, 0.717) is 15.6 Å². The van der Waals surface area contributed by atoms with Gasteiger partial charge in [0.05, 0.1) is 0 Å². The van der Waals surface area contributed by atoms with Gasteiger partial charge in [0.2, 0.25) is 5.88 Å². The molecule has 0 fully saturated rings. The van der Waals surface area contributed by atoms with Crippen LogP contribution in [0.5, 0.6) is 5.88 Å². The highest BCUT2D eigenvalue weighted by molar-refractivity contribution is 6.30. The molecule has 1 aromatic heterocycles. The molecule has 6 heteroatoms. The van der Waals surface area contributed by atoms with Crippen molar-refractivity contribution in [1.82, 2.24) is 9.97 Å². The van der Waals surface area contributed by atoms with Crippen molar-refractivity contribution >= 4 is 35.4 Å². The first-order valence-electron chi connectivity index (χ1n) is 7.06. The number of aromatic amines is 1. The van der Waals surface area contributed by atoms with E-state index >= 15 is 0 Å². The monoisotopic (exact) mass is 358 g/mol. The molecular weight excluding hydrogens is 347 g/mol. The third-order valence-electron chi connectivity index (χ3n) is 3.36. The second-order valence-corrected chi connectivity index (χ2v) is 5.91. The molecule has 1 heterocycles. The van der Waals surface area contributed by atoms with Crippen molar-refractivity contribution in [3.63, 3.8) is 0 Å². The molecule has 3 aromatic rings. The highest BCUT2D eigenvalue weighted by Gasteiger charge is 2.12. The van der Waals surface area contributed by atoms with Gasteiger partial charge in [-0.2, -0.15) is 4.98 Å². The summed E-state index contributed by atoms with van der Waals surface area (Å²) < 4.78 is 0. The van der Waals surface area contributed by atoms with Crippen LogP contribution in [0.1, 0.15) is 11.4 Å². The van der Waals surface area contributed by atoms with Crippen molar-refractivity contribution in [2.75, 3.05) is 0 Å². The molecule has 0 unspecified atom stereocenters. The lowest BCUT2D eigenvalue weighted by atomic mass is 10.1. The minimum Gasteiger partial charge on any atom is -0.493 e. The predicted molar refractivity (Wildman–Crippen MR) is 97.3 cm³/mol. The molecule has 3 rings (SSSR count). The molecule has 24 heavy (non-hydrogen) atoms. The largest absolute Gasteiger partial charge is 0.493 e. The van der Waals surface area contributed by atoms with Crippen molar-refractivity contribution in [2.24, 2.45) is 0 Å². The number of aromatic nitrogens is 2. The van der Waals surface area contributed by atoms with Gasteiger partial charge >= 0.3 is 0 Å². The lowest BCUT2D eigenvalue weighted by Gasteiger charge is -2.04. The normalized spacial score (nSPS) is 11.1. The first-order valence-corrected chi connectivity index (χ1v) is 7.81. The van der Waals surface area contributed by atoms with Gasteiger partial charge in [-0.1, -0.05) is 53.5 Å². The Morgan fingerprint density at radius 2 is 1.50 bits per heavy atom. The fourth-order valence-electron chi connectivity index (χ4n) is 2.18. The van der Waals surface area contributed by atoms with Crippen LogP contribution >= 0.6 is 23.2 Å². The summed E-state index contributed by atoms with van der Waals surface area (Å²) in [5.41, 5.74) is 1.11. The number of halogens is 2. The summed E-state index contributed by atoms with van der Waals surface area (Å²) in [6.45, 7) is 0. The van der Waals surface area contributed by atoms with Gasteiger partial charge in [0, 0.05) is 10.0 Å². The summed E-state index contributed by atoms with van der Waals surface area (Å²) in [5.74, 6) is -0.0815. The number of nitrogens with one attached hydrogen (secondary N) is 1. The summed E-state index contributed by atoms with van der Waals surface area (Å²) in [4.78, 5) is 18.9. The van der Waals surface area contributed by atoms with E-state index < -0.39 is 5.56 Å². The summed E-state index contributed by atoms with van der Waals surface area (Å²) in [5, 5.41) is 11.3. The lowest BCUT2D eigenvalue weighted by Crippen LogP contribution is -2.12. The fraction of sp³-hybridized carbons (Fsp3) is 0. The first kappa shape index (κ1) is 16.3. The fourth-order valence-corrected chi connectivity index (χ4v) is 2.44. The maximum absolute atomic E-state index is 12.3. The molecule has 0 atom stereocenters. The van der Waals surface area contributed by atoms with E-state index in [1.807, 2.05) is 12.1 Å². The SMILES string of the molecule is O=c1[nH]c(C=Cc2ccc(Cl)cc2)nc(O)c1-c1ccc(Cl)cc1. The summed E-state index contributed by atoms with van der Waals surface area (Å²) >= 11 is 11.7. The Labute approximate surface area is 148 Å². The van der Waals surface area contributed by atoms with Gasteiger partial charge in [-0.05, 0) is 41.5 Å². The highest BCUT2D eigenvalue weighted by Crippen LogP contribution is 2.25. The van der Waals surface area contributed by atoms with Gasteiger partial charge in [0.15, 0.2) is 0 Å². The number of hydrogen-bond acceptors (Lipinski definition) is 3. The molecule has 0 aliphatic heterocycles. The molecule has 0 bridgehead atoms. The second-order valence-electron chi connectivity index (χ2n) is 5.04. The minimum atomic E-state index is -0.430. The van der Waals surface area contributed by atoms with E-state index in [4.69, 9.17) is 23.2 Å². The molecule has 0 aliphatic rings. The molecule has 0 amide bonds. The average molecular weight is 359 g/mol. The Kier molecular flexibility index (Phi) is 4.69. The first-order chi connectivity index (χ1) is 11.5. The van der Waals surface area contributed by atoms with Gasteiger partial charge in [0.1, 0.15) is 11.4 Å². The van der Waals surface area contributed by atoms with Crippen molar-refractivity contribution in [3.05, 3.63) is 80.3 Å². The third-order valence-corrected chi connectivity index (χ3v) is 3.86. The van der Waals surface area contributed by atoms with Crippen molar-refractivity contribution < 1.29 is 5.11 Å². The topological polar surface area (TPSA) is 66.0 Å². The van der Waals surface area contributed by atoms with Crippen LogP contribution in [0.25, 0.3) is 23.3 Å². The average Bonchev–Trinajstić information content (AvgIpc) is 2.55. The molecule has 0 aliphatic carbocycles. The van der Waals surface area contributed by atoms with E-state index in [9.17, 15) is 9.90 Å². The van der Waals surface area contributed by atoms with Crippen molar-refractivity contribution in [1.29, 1.82) is 0 Å². The van der Waals surface area contributed by atoms with Crippen LogP contribution in [0.3, 0.4) is 0 Å². The molecule has 0 saturated carbocycles. The van der Waals surface area contributed by atoms with E-state index in [2.05, 4.69) is 9.97 Å². The summed E-state index contributed by atoms with van der Waals surface area (Å²) in [7, 11) is 0. The van der Waals surface area contributed by atoms with Crippen molar-refractivity contribution in [2.45, 2.75) is 0 Å². The van der Waals surface area contributed by atoms with Crippen LogP contribution in [0.4, 0.5) is 0 Å². The number of benzene rings is 2. The number of nitrogens with zero attached hydrogens (tertiary/aromatic N) is 1. The molecule has 0 radical (unpaired) electrons. The number of H-pyrrole nitrogens is 1. The molecule has 120 valence electrons. The Morgan fingerprint density at radius 1 is 0.917 bits per heavy atom. The molecule has 2 N–H and O–H groups in total. The van der Waals surface area contributed by atoms with Crippen molar-refractivity contribution in [3.8, 4) is 17.0 Å². The predicted octanol–water partition coefficient (Wildman–Crippen LogP) is 4.62. The van der Waals surface area contributed by atoms with E-state index in [0.717, 1.165) is 5.56 Å². The highest BCUT2D eigenvalue weighted by atomic mass is 35.5. The third kappa shape index (κ3) is 3.67. The number of aromatic hydroxyl groups is 1. The zero-order chi connectivity index (χ0) is 17.1. The maximum atomic E-state index is 12.3. The quantitative estimate of drug-likeness (QED) is 0.717. The molecule has 2 aromatic carbocycles. The number of hydrogen-bond donors (Lipinski definition) is 2. The van der Waals surface area contributed by atoms with E-state index in [-0.39, 0.29) is 17.3 Å². The van der Waals surface area contributed by atoms with Gasteiger partial charge in [-0.3, -0.25) is 4.79 Å². The molecule has 0 spiro atoms. The van der Waals surface area contributed by atoms with Crippen LogP contribution in [0.15, 0.2) is 53.3 Å². The second kappa shape index (κ2) is 6.91. The van der Waals surface area contributed by atoms with Gasteiger partial charge in [-0.15, -0.1) is 0 Å². The Bertz CT molecular complexity index is 946. The molecule has 4 nitrogen and oxygen atoms in total. The van der Waals surface area contributed by atoms with Crippen LogP contribution in [-0.2, 0) is 0 Å². The lowest BCUT2D eigenvalue weighted by molar-refractivity contribution is 0.453.